The number of rotatable bonds is 9. The van der Waals surface area contributed by atoms with E-state index in [-0.39, 0.29) is 5.41 Å². The molecule has 0 aromatic carbocycles. The first-order valence-electron chi connectivity index (χ1n) is 8.30. The lowest BCUT2D eigenvalue weighted by Crippen LogP contribution is -2.32. The molecule has 1 aromatic heterocycles. The monoisotopic (exact) mass is 309 g/mol. The number of nitrogens with two attached hydrogens (primary N) is 1. The summed E-state index contributed by atoms with van der Waals surface area (Å²) in [7, 11) is 0. The lowest BCUT2D eigenvalue weighted by atomic mass is 9.97. The molecule has 0 atom stereocenters. The maximum absolute atomic E-state index is 5.83. The number of aliphatic imine (C=N–C) groups is 1. The highest BCUT2D eigenvalue weighted by Gasteiger charge is 2.21. The van der Waals surface area contributed by atoms with E-state index in [1.807, 2.05) is 20.8 Å². The molecule has 1 heterocycles. The molecule has 0 saturated carbocycles. The SMILES string of the molecule is CCCCCCCCNC(N)=NCc1noc(C(C)(C)C)n1. The van der Waals surface area contributed by atoms with Crippen LogP contribution >= 0.6 is 0 Å². The summed E-state index contributed by atoms with van der Waals surface area (Å²) in [6, 6.07) is 0. The van der Waals surface area contributed by atoms with E-state index in [2.05, 4.69) is 27.4 Å². The number of nitrogens with zero attached hydrogens (tertiary/aromatic N) is 3. The predicted molar refractivity (Wildman–Crippen MR) is 89.7 cm³/mol. The number of guanidine groups is 1. The first kappa shape index (κ1) is 18.5. The second-order valence-corrected chi connectivity index (χ2v) is 6.66. The Balaban J connectivity index is 2.21. The van der Waals surface area contributed by atoms with Gasteiger partial charge in [-0.25, -0.2) is 4.99 Å². The van der Waals surface area contributed by atoms with Crippen molar-refractivity contribution < 1.29 is 4.52 Å². The van der Waals surface area contributed by atoms with Gasteiger partial charge < -0.3 is 15.6 Å². The molecule has 0 saturated heterocycles. The van der Waals surface area contributed by atoms with Crippen molar-refractivity contribution >= 4 is 5.96 Å². The zero-order chi connectivity index (χ0) is 16.4. The maximum Gasteiger partial charge on any atom is 0.232 e. The Morgan fingerprint density at radius 3 is 2.50 bits per heavy atom. The average molecular weight is 309 g/mol. The Labute approximate surface area is 134 Å². The number of aromatic nitrogens is 2. The van der Waals surface area contributed by atoms with Crippen molar-refractivity contribution in [1.29, 1.82) is 0 Å². The molecule has 0 fully saturated rings. The van der Waals surface area contributed by atoms with E-state index < -0.39 is 0 Å². The minimum absolute atomic E-state index is 0.142. The van der Waals surface area contributed by atoms with Gasteiger partial charge in [-0.3, -0.25) is 0 Å². The van der Waals surface area contributed by atoms with Crippen LogP contribution < -0.4 is 11.1 Å². The van der Waals surface area contributed by atoms with Crippen molar-refractivity contribution in [2.75, 3.05) is 6.54 Å². The molecule has 0 unspecified atom stereocenters. The van der Waals surface area contributed by atoms with Crippen molar-refractivity contribution in [3.05, 3.63) is 11.7 Å². The van der Waals surface area contributed by atoms with E-state index in [1.165, 1.54) is 32.1 Å². The average Bonchev–Trinajstić information content (AvgIpc) is 2.93. The highest BCUT2D eigenvalue weighted by molar-refractivity contribution is 5.77. The van der Waals surface area contributed by atoms with Crippen LogP contribution in [-0.2, 0) is 12.0 Å². The lowest BCUT2D eigenvalue weighted by Gasteiger charge is -2.10. The summed E-state index contributed by atoms with van der Waals surface area (Å²) < 4.78 is 5.22. The molecule has 126 valence electrons. The number of hydrogen-bond donors (Lipinski definition) is 2. The quantitative estimate of drug-likeness (QED) is 0.415. The molecule has 3 N–H and O–H groups in total. The van der Waals surface area contributed by atoms with Crippen LogP contribution in [0.1, 0.15) is 77.9 Å². The number of nitrogens with one attached hydrogen (secondary N) is 1. The summed E-state index contributed by atoms with van der Waals surface area (Å²) >= 11 is 0. The van der Waals surface area contributed by atoms with Crippen LogP contribution in [0.2, 0.25) is 0 Å². The van der Waals surface area contributed by atoms with Crippen molar-refractivity contribution in [2.24, 2.45) is 10.7 Å². The van der Waals surface area contributed by atoms with E-state index in [0.29, 0.717) is 24.2 Å². The predicted octanol–water partition coefficient (Wildman–Crippen LogP) is 3.13. The van der Waals surface area contributed by atoms with Gasteiger partial charge >= 0.3 is 0 Å². The van der Waals surface area contributed by atoms with Crippen LogP contribution in [0.4, 0.5) is 0 Å². The first-order chi connectivity index (χ1) is 10.4. The second-order valence-electron chi connectivity index (χ2n) is 6.66. The van der Waals surface area contributed by atoms with Crippen LogP contribution in [0.15, 0.2) is 9.52 Å². The fourth-order valence-corrected chi connectivity index (χ4v) is 1.96. The highest BCUT2D eigenvalue weighted by Crippen LogP contribution is 2.19. The fraction of sp³-hybridized carbons (Fsp3) is 0.812. The van der Waals surface area contributed by atoms with Crippen LogP contribution in [0, 0.1) is 0 Å². The topological polar surface area (TPSA) is 89.3 Å². The first-order valence-corrected chi connectivity index (χ1v) is 8.30. The highest BCUT2D eigenvalue weighted by atomic mass is 16.5. The minimum atomic E-state index is -0.142. The number of unbranched alkanes of at least 4 members (excludes halogenated alkanes) is 5. The molecule has 0 aliphatic heterocycles. The largest absolute Gasteiger partial charge is 0.370 e. The summed E-state index contributed by atoms with van der Waals surface area (Å²) in [4.78, 5) is 8.56. The number of hydrogen-bond acceptors (Lipinski definition) is 4. The Morgan fingerprint density at radius 1 is 1.18 bits per heavy atom. The van der Waals surface area contributed by atoms with Gasteiger partial charge in [-0.05, 0) is 6.42 Å². The Morgan fingerprint density at radius 2 is 1.86 bits per heavy atom. The van der Waals surface area contributed by atoms with Gasteiger partial charge in [0.1, 0.15) is 6.54 Å². The fourth-order valence-electron chi connectivity index (χ4n) is 1.96. The lowest BCUT2D eigenvalue weighted by molar-refractivity contribution is 0.318. The normalized spacial score (nSPS) is 12.6. The summed E-state index contributed by atoms with van der Waals surface area (Å²) in [5.41, 5.74) is 5.69. The van der Waals surface area contributed by atoms with E-state index in [9.17, 15) is 0 Å². The summed E-state index contributed by atoms with van der Waals surface area (Å²) in [5.74, 6) is 1.63. The standard InChI is InChI=1S/C16H31N5O/c1-5-6-7-8-9-10-11-18-15(17)19-12-13-20-14(22-21-13)16(2,3)4/h5-12H2,1-4H3,(H3,17,18,19). The Bertz CT molecular complexity index is 448. The molecule has 22 heavy (non-hydrogen) atoms. The molecule has 6 heteroatoms. The van der Waals surface area contributed by atoms with Gasteiger partial charge in [-0.1, -0.05) is 65.0 Å². The van der Waals surface area contributed by atoms with Gasteiger partial charge in [0.15, 0.2) is 11.8 Å². The Kier molecular flexibility index (Phi) is 7.91. The van der Waals surface area contributed by atoms with Gasteiger partial charge in [-0.2, -0.15) is 4.98 Å². The van der Waals surface area contributed by atoms with Gasteiger partial charge in [0.25, 0.3) is 0 Å². The van der Waals surface area contributed by atoms with Crippen molar-refractivity contribution in [1.82, 2.24) is 15.5 Å². The molecule has 1 aromatic rings. The Hall–Kier alpha value is -1.59. The van der Waals surface area contributed by atoms with Crippen molar-refractivity contribution in [2.45, 2.75) is 78.2 Å². The molecule has 0 radical (unpaired) electrons. The van der Waals surface area contributed by atoms with Gasteiger partial charge in [-0.15, -0.1) is 0 Å². The summed E-state index contributed by atoms with van der Waals surface area (Å²) in [6.45, 7) is 9.53. The smallest absolute Gasteiger partial charge is 0.232 e. The molecule has 0 aliphatic carbocycles. The molecule has 0 spiro atoms. The summed E-state index contributed by atoms with van der Waals surface area (Å²) in [5, 5.41) is 7.04. The van der Waals surface area contributed by atoms with E-state index in [0.717, 1.165) is 13.0 Å². The van der Waals surface area contributed by atoms with E-state index >= 15 is 0 Å². The molecule has 0 amide bonds. The molecular weight excluding hydrogens is 278 g/mol. The summed E-state index contributed by atoms with van der Waals surface area (Å²) in [6.07, 6.45) is 7.60. The van der Waals surface area contributed by atoms with Crippen LogP contribution in [0.25, 0.3) is 0 Å². The second kappa shape index (κ2) is 9.43. The van der Waals surface area contributed by atoms with Gasteiger partial charge in [0.2, 0.25) is 5.89 Å². The van der Waals surface area contributed by atoms with Crippen molar-refractivity contribution in [3.63, 3.8) is 0 Å². The van der Waals surface area contributed by atoms with Gasteiger partial charge in [0.05, 0.1) is 0 Å². The molecule has 0 aliphatic rings. The third-order valence-electron chi connectivity index (χ3n) is 3.34. The zero-order valence-electron chi connectivity index (χ0n) is 14.5. The molecular formula is C16H31N5O. The van der Waals surface area contributed by atoms with Crippen LogP contribution in [0.3, 0.4) is 0 Å². The van der Waals surface area contributed by atoms with Crippen LogP contribution in [0.5, 0.6) is 0 Å². The maximum atomic E-state index is 5.83. The van der Waals surface area contributed by atoms with Crippen LogP contribution in [-0.4, -0.2) is 22.6 Å². The van der Waals surface area contributed by atoms with Crippen molar-refractivity contribution in [3.8, 4) is 0 Å². The minimum Gasteiger partial charge on any atom is -0.370 e. The molecule has 1 rings (SSSR count). The molecule has 0 bridgehead atoms. The van der Waals surface area contributed by atoms with E-state index in [1.54, 1.807) is 0 Å². The zero-order valence-corrected chi connectivity index (χ0v) is 14.5. The third-order valence-corrected chi connectivity index (χ3v) is 3.34. The van der Waals surface area contributed by atoms with E-state index in [4.69, 9.17) is 10.3 Å². The molecule has 6 nitrogen and oxygen atoms in total. The van der Waals surface area contributed by atoms with Gasteiger partial charge in [0, 0.05) is 12.0 Å². The third kappa shape index (κ3) is 7.43.